The Morgan fingerprint density at radius 1 is 1.25 bits per heavy atom. The monoisotopic (exact) mass is 234 g/mol. The van der Waals surface area contributed by atoms with Gasteiger partial charge in [-0.05, 0) is 25.5 Å². The molecule has 0 spiro atoms. The molecule has 2 rings (SSSR count). The summed E-state index contributed by atoms with van der Waals surface area (Å²) in [7, 11) is 0. The van der Waals surface area contributed by atoms with E-state index in [0.717, 1.165) is 11.6 Å². The smallest absolute Gasteiger partial charge is 0.223 e. The lowest BCUT2D eigenvalue weighted by Gasteiger charge is -2.04. The Balaban J connectivity index is 2.07. The summed E-state index contributed by atoms with van der Waals surface area (Å²) in [5.74, 6) is 2.13. The van der Waals surface area contributed by atoms with Crippen LogP contribution in [0.4, 0.5) is 0 Å². The van der Waals surface area contributed by atoms with Crippen LogP contribution in [0.15, 0.2) is 27.6 Å². The zero-order valence-corrected chi connectivity index (χ0v) is 10.5. The third-order valence-electron chi connectivity index (χ3n) is 2.27. The van der Waals surface area contributed by atoms with Crippen molar-refractivity contribution in [2.45, 2.75) is 31.4 Å². The van der Waals surface area contributed by atoms with E-state index in [-0.39, 0.29) is 0 Å². The summed E-state index contributed by atoms with van der Waals surface area (Å²) < 4.78 is 4.93. The summed E-state index contributed by atoms with van der Waals surface area (Å²) in [6.45, 7) is 6.02. The van der Waals surface area contributed by atoms with Crippen LogP contribution in [0.25, 0.3) is 0 Å². The van der Waals surface area contributed by atoms with Crippen LogP contribution in [0.3, 0.4) is 0 Å². The average Bonchev–Trinajstić information content (AvgIpc) is 2.66. The predicted molar refractivity (Wildman–Crippen MR) is 64.5 cm³/mol. The van der Waals surface area contributed by atoms with Crippen LogP contribution in [-0.4, -0.2) is 10.1 Å². The van der Waals surface area contributed by atoms with Crippen LogP contribution < -0.4 is 0 Å². The first-order chi connectivity index (χ1) is 7.65. The third kappa shape index (κ3) is 2.64. The second-order valence-electron chi connectivity index (χ2n) is 3.79. The Kier molecular flexibility index (Phi) is 3.29. The lowest BCUT2D eigenvalue weighted by atomic mass is 10.2. The lowest BCUT2D eigenvalue weighted by Crippen LogP contribution is -1.86. The molecule has 1 aromatic carbocycles. The van der Waals surface area contributed by atoms with Gasteiger partial charge < -0.3 is 4.52 Å². The van der Waals surface area contributed by atoms with Gasteiger partial charge in [-0.3, -0.25) is 0 Å². The topological polar surface area (TPSA) is 38.9 Å². The largest absolute Gasteiger partial charge is 0.340 e. The van der Waals surface area contributed by atoms with Gasteiger partial charge in [0.15, 0.2) is 5.82 Å². The first-order valence-corrected chi connectivity index (χ1v) is 6.13. The maximum Gasteiger partial charge on any atom is 0.223 e. The number of thioether (sulfide) groups is 1. The van der Waals surface area contributed by atoms with E-state index in [9.17, 15) is 0 Å². The molecule has 0 aliphatic rings. The Morgan fingerprint density at radius 2 is 2.06 bits per heavy atom. The van der Waals surface area contributed by atoms with Crippen LogP contribution in [0.2, 0.25) is 0 Å². The molecule has 0 saturated heterocycles. The van der Waals surface area contributed by atoms with Gasteiger partial charge in [0.05, 0.1) is 5.75 Å². The van der Waals surface area contributed by atoms with Gasteiger partial charge in [-0.15, -0.1) is 11.8 Å². The molecule has 2 aromatic rings. The minimum Gasteiger partial charge on any atom is -0.340 e. The Morgan fingerprint density at radius 3 is 2.75 bits per heavy atom. The van der Waals surface area contributed by atoms with Crippen molar-refractivity contribution in [3.63, 3.8) is 0 Å². The fourth-order valence-electron chi connectivity index (χ4n) is 1.41. The minimum absolute atomic E-state index is 0.622. The summed E-state index contributed by atoms with van der Waals surface area (Å²) >= 11 is 1.74. The number of rotatable bonds is 3. The highest BCUT2D eigenvalue weighted by Gasteiger charge is 2.05. The molecule has 0 aliphatic carbocycles. The van der Waals surface area contributed by atoms with E-state index >= 15 is 0 Å². The maximum atomic E-state index is 4.93. The zero-order chi connectivity index (χ0) is 11.5. The van der Waals surface area contributed by atoms with Crippen LogP contribution in [0.1, 0.15) is 22.8 Å². The zero-order valence-electron chi connectivity index (χ0n) is 9.65. The number of hydrogen-bond acceptors (Lipinski definition) is 4. The number of aryl methyl sites for hydroxylation is 3. The van der Waals surface area contributed by atoms with Gasteiger partial charge in [0.1, 0.15) is 0 Å². The number of nitrogens with zero attached hydrogens (tertiary/aromatic N) is 2. The second kappa shape index (κ2) is 4.70. The molecule has 1 aromatic heterocycles. The molecular weight excluding hydrogens is 220 g/mol. The van der Waals surface area contributed by atoms with E-state index < -0.39 is 0 Å². The van der Waals surface area contributed by atoms with Crippen LogP contribution in [-0.2, 0) is 5.75 Å². The van der Waals surface area contributed by atoms with Crippen LogP contribution in [0, 0.1) is 20.8 Å². The standard InChI is InChI=1S/C12H14N2OS/c1-8-4-5-9(2)11(6-8)16-7-12-13-10(3)15-14-12/h4-6H,7H2,1-3H3. The molecular formula is C12H14N2OS. The Bertz CT molecular complexity index is 494. The first kappa shape index (κ1) is 11.2. The molecule has 0 atom stereocenters. The second-order valence-corrected chi connectivity index (χ2v) is 4.80. The molecule has 16 heavy (non-hydrogen) atoms. The van der Waals surface area contributed by atoms with E-state index in [1.54, 1.807) is 18.7 Å². The van der Waals surface area contributed by atoms with Crippen molar-refractivity contribution in [2.75, 3.05) is 0 Å². The summed E-state index contributed by atoms with van der Waals surface area (Å²) in [5.41, 5.74) is 2.56. The summed E-state index contributed by atoms with van der Waals surface area (Å²) in [6, 6.07) is 6.45. The quantitative estimate of drug-likeness (QED) is 0.764. The Labute approximate surface area is 99.3 Å². The molecule has 3 nitrogen and oxygen atoms in total. The van der Waals surface area contributed by atoms with E-state index in [1.165, 1.54) is 16.0 Å². The summed E-state index contributed by atoms with van der Waals surface area (Å²) in [4.78, 5) is 5.46. The molecule has 0 amide bonds. The van der Waals surface area contributed by atoms with Crippen molar-refractivity contribution in [3.8, 4) is 0 Å². The van der Waals surface area contributed by atoms with Crippen molar-refractivity contribution in [1.82, 2.24) is 10.1 Å². The minimum atomic E-state index is 0.622. The van der Waals surface area contributed by atoms with Gasteiger partial charge in [-0.1, -0.05) is 22.9 Å². The van der Waals surface area contributed by atoms with Gasteiger partial charge in [0.25, 0.3) is 0 Å². The van der Waals surface area contributed by atoms with Crippen LogP contribution >= 0.6 is 11.8 Å². The molecule has 0 saturated carbocycles. The van der Waals surface area contributed by atoms with Gasteiger partial charge in [-0.2, -0.15) is 4.98 Å². The van der Waals surface area contributed by atoms with Gasteiger partial charge in [0, 0.05) is 11.8 Å². The highest BCUT2D eigenvalue weighted by molar-refractivity contribution is 7.98. The SMILES string of the molecule is Cc1ccc(C)c(SCc2noc(C)n2)c1. The van der Waals surface area contributed by atoms with Crippen molar-refractivity contribution in [2.24, 2.45) is 0 Å². The number of benzene rings is 1. The van der Waals surface area contributed by atoms with E-state index in [2.05, 4.69) is 42.2 Å². The highest BCUT2D eigenvalue weighted by Crippen LogP contribution is 2.25. The van der Waals surface area contributed by atoms with Gasteiger partial charge in [0.2, 0.25) is 5.89 Å². The highest BCUT2D eigenvalue weighted by atomic mass is 32.2. The summed E-state index contributed by atoms with van der Waals surface area (Å²) in [6.07, 6.45) is 0. The van der Waals surface area contributed by atoms with Crippen molar-refractivity contribution < 1.29 is 4.52 Å². The third-order valence-corrected chi connectivity index (χ3v) is 3.42. The fraction of sp³-hybridized carbons (Fsp3) is 0.333. The molecule has 0 N–H and O–H groups in total. The first-order valence-electron chi connectivity index (χ1n) is 5.14. The van der Waals surface area contributed by atoms with Crippen molar-refractivity contribution in [1.29, 1.82) is 0 Å². The average molecular weight is 234 g/mol. The van der Waals surface area contributed by atoms with Crippen molar-refractivity contribution >= 4 is 11.8 Å². The number of hydrogen-bond donors (Lipinski definition) is 0. The fourth-order valence-corrected chi connectivity index (χ4v) is 2.37. The van der Waals surface area contributed by atoms with Gasteiger partial charge >= 0.3 is 0 Å². The molecule has 1 heterocycles. The maximum absolute atomic E-state index is 4.93. The van der Waals surface area contributed by atoms with Gasteiger partial charge in [-0.25, -0.2) is 0 Å². The van der Waals surface area contributed by atoms with E-state index in [4.69, 9.17) is 4.52 Å². The number of aromatic nitrogens is 2. The molecule has 84 valence electrons. The lowest BCUT2D eigenvalue weighted by molar-refractivity contribution is 0.389. The molecule has 4 heteroatoms. The van der Waals surface area contributed by atoms with Crippen molar-refractivity contribution in [3.05, 3.63) is 41.0 Å². The summed E-state index contributed by atoms with van der Waals surface area (Å²) in [5, 5.41) is 3.88. The molecule has 0 fully saturated rings. The molecule has 0 bridgehead atoms. The van der Waals surface area contributed by atoms with Crippen LogP contribution in [0.5, 0.6) is 0 Å². The normalized spacial score (nSPS) is 10.7. The van der Waals surface area contributed by atoms with E-state index in [0.29, 0.717) is 5.89 Å². The van der Waals surface area contributed by atoms with E-state index in [1.807, 2.05) is 0 Å². The molecule has 0 radical (unpaired) electrons. The molecule has 0 unspecified atom stereocenters. The predicted octanol–water partition coefficient (Wildman–Crippen LogP) is 3.29. The Hall–Kier alpha value is -1.29. The molecule has 0 aliphatic heterocycles.